The highest BCUT2D eigenvalue weighted by Crippen LogP contribution is 2.27. The Labute approximate surface area is 63.7 Å². The summed E-state index contributed by atoms with van der Waals surface area (Å²) in [6.07, 6.45) is 0. The molecule has 0 amide bonds. The van der Waals surface area contributed by atoms with Crippen LogP contribution in [-0.4, -0.2) is 5.11 Å². The molecule has 5 N–H and O–H groups in total. The third-order valence-electron chi connectivity index (χ3n) is 1.32. The van der Waals surface area contributed by atoms with Crippen molar-refractivity contribution in [2.24, 2.45) is 0 Å². The number of aromatic hydroxyl groups is 1. The number of nitrogens with zero attached hydrogens (tertiary/aromatic N) is 1. The van der Waals surface area contributed by atoms with E-state index in [1.165, 1.54) is 12.1 Å². The molecule has 0 radical (unpaired) electrons. The molecule has 0 aliphatic rings. The summed E-state index contributed by atoms with van der Waals surface area (Å²) in [6.45, 7) is 0. The zero-order valence-electron chi connectivity index (χ0n) is 5.70. The third kappa shape index (κ3) is 1.17. The maximum absolute atomic E-state index is 9.06. The Morgan fingerprint density at radius 3 is 2.45 bits per heavy atom. The summed E-state index contributed by atoms with van der Waals surface area (Å²) in [7, 11) is 0. The van der Waals surface area contributed by atoms with Crippen LogP contribution in [0.25, 0.3) is 0 Å². The van der Waals surface area contributed by atoms with Gasteiger partial charge in [0.05, 0.1) is 23.0 Å². The maximum atomic E-state index is 9.06. The van der Waals surface area contributed by atoms with Crippen molar-refractivity contribution in [2.75, 3.05) is 11.5 Å². The standard InChI is InChI=1S/C7H7N3O/c8-3-4-1-5(9)7(10)6(11)2-4/h1-2,11H,9-10H2. The van der Waals surface area contributed by atoms with E-state index in [2.05, 4.69) is 0 Å². The fraction of sp³-hybridized carbons (Fsp3) is 0. The minimum atomic E-state index is -0.151. The molecule has 0 aliphatic carbocycles. The highest BCUT2D eigenvalue weighted by molar-refractivity contribution is 5.72. The number of phenols is 1. The molecule has 0 saturated heterocycles. The third-order valence-corrected chi connectivity index (χ3v) is 1.32. The molecule has 56 valence electrons. The second-order valence-electron chi connectivity index (χ2n) is 2.11. The number of nitrogens with two attached hydrogens (primary N) is 2. The Morgan fingerprint density at radius 2 is 2.00 bits per heavy atom. The smallest absolute Gasteiger partial charge is 0.141 e. The van der Waals surface area contributed by atoms with Crippen molar-refractivity contribution in [1.82, 2.24) is 0 Å². The first-order valence-electron chi connectivity index (χ1n) is 2.93. The van der Waals surface area contributed by atoms with E-state index in [1.54, 1.807) is 0 Å². The normalized spacial score (nSPS) is 9.00. The SMILES string of the molecule is N#Cc1cc(N)c(N)c(O)c1. The summed E-state index contributed by atoms with van der Waals surface area (Å²) >= 11 is 0. The van der Waals surface area contributed by atoms with Crippen LogP contribution in [0.1, 0.15) is 5.56 Å². The van der Waals surface area contributed by atoms with Crippen LogP contribution in [0.3, 0.4) is 0 Å². The first-order valence-corrected chi connectivity index (χ1v) is 2.93. The topological polar surface area (TPSA) is 96.1 Å². The van der Waals surface area contributed by atoms with Gasteiger partial charge in [-0.2, -0.15) is 5.26 Å². The van der Waals surface area contributed by atoms with E-state index < -0.39 is 0 Å². The molecule has 0 bridgehead atoms. The molecule has 0 spiro atoms. The molecule has 0 unspecified atom stereocenters. The van der Waals surface area contributed by atoms with Gasteiger partial charge in [0.1, 0.15) is 5.75 Å². The van der Waals surface area contributed by atoms with Crippen LogP contribution in [0.2, 0.25) is 0 Å². The van der Waals surface area contributed by atoms with Crippen LogP contribution >= 0.6 is 0 Å². The lowest BCUT2D eigenvalue weighted by molar-refractivity contribution is 0.478. The summed E-state index contributed by atoms with van der Waals surface area (Å²) < 4.78 is 0. The van der Waals surface area contributed by atoms with E-state index >= 15 is 0 Å². The Bertz CT molecular complexity index is 304. The first kappa shape index (κ1) is 7.22. The molecule has 4 nitrogen and oxygen atoms in total. The minimum Gasteiger partial charge on any atom is -0.506 e. The predicted molar refractivity (Wildman–Crippen MR) is 41.6 cm³/mol. The monoisotopic (exact) mass is 149 g/mol. The van der Waals surface area contributed by atoms with Crippen molar-refractivity contribution in [3.8, 4) is 11.8 Å². The van der Waals surface area contributed by atoms with Gasteiger partial charge in [0, 0.05) is 0 Å². The zero-order chi connectivity index (χ0) is 8.43. The predicted octanol–water partition coefficient (Wildman–Crippen LogP) is 0.428. The number of hydrogen-bond acceptors (Lipinski definition) is 4. The van der Waals surface area contributed by atoms with Crippen LogP contribution in [-0.2, 0) is 0 Å². The van der Waals surface area contributed by atoms with E-state index in [-0.39, 0.29) is 17.1 Å². The average Bonchev–Trinajstić information content (AvgIpc) is 1.99. The Balaban J connectivity index is 3.35. The second-order valence-corrected chi connectivity index (χ2v) is 2.11. The van der Waals surface area contributed by atoms with Gasteiger partial charge in [0.2, 0.25) is 0 Å². The molecule has 0 atom stereocenters. The Kier molecular flexibility index (Phi) is 1.57. The summed E-state index contributed by atoms with van der Waals surface area (Å²) in [6, 6.07) is 4.52. The van der Waals surface area contributed by atoms with E-state index in [0.29, 0.717) is 5.56 Å². The van der Waals surface area contributed by atoms with Crippen LogP contribution in [0, 0.1) is 11.3 Å². The van der Waals surface area contributed by atoms with Gasteiger partial charge in [0.25, 0.3) is 0 Å². The van der Waals surface area contributed by atoms with Gasteiger partial charge in [0.15, 0.2) is 0 Å². The molecule has 1 aromatic carbocycles. The number of hydrogen-bond donors (Lipinski definition) is 3. The van der Waals surface area contributed by atoms with Gasteiger partial charge < -0.3 is 16.6 Å². The molecule has 0 aliphatic heterocycles. The summed E-state index contributed by atoms with van der Waals surface area (Å²) in [5.41, 5.74) is 11.3. The first-order chi connectivity index (χ1) is 5.15. The van der Waals surface area contributed by atoms with Crippen molar-refractivity contribution < 1.29 is 5.11 Å². The molecule has 0 saturated carbocycles. The fourth-order valence-electron chi connectivity index (χ4n) is 0.724. The lowest BCUT2D eigenvalue weighted by atomic mass is 10.2. The molecule has 1 aromatic rings. The number of phenolic OH excluding ortho intramolecular Hbond substituents is 1. The highest BCUT2D eigenvalue weighted by atomic mass is 16.3. The van der Waals surface area contributed by atoms with Crippen molar-refractivity contribution in [3.63, 3.8) is 0 Å². The van der Waals surface area contributed by atoms with Crippen molar-refractivity contribution >= 4 is 11.4 Å². The minimum absolute atomic E-state index is 0.115. The van der Waals surface area contributed by atoms with E-state index in [9.17, 15) is 0 Å². The van der Waals surface area contributed by atoms with Crippen LogP contribution in [0.15, 0.2) is 12.1 Å². The van der Waals surface area contributed by atoms with Crippen molar-refractivity contribution in [3.05, 3.63) is 17.7 Å². The van der Waals surface area contributed by atoms with Crippen LogP contribution < -0.4 is 11.5 Å². The summed E-state index contributed by atoms with van der Waals surface area (Å²) in [4.78, 5) is 0. The van der Waals surface area contributed by atoms with Crippen LogP contribution in [0.5, 0.6) is 5.75 Å². The Morgan fingerprint density at radius 1 is 1.36 bits per heavy atom. The summed E-state index contributed by atoms with van der Waals surface area (Å²) in [5, 5.41) is 17.5. The zero-order valence-corrected chi connectivity index (χ0v) is 5.70. The molecule has 1 rings (SSSR count). The number of rotatable bonds is 0. The number of nitrogen functional groups attached to an aromatic ring is 2. The lowest BCUT2D eigenvalue weighted by Gasteiger charge is -2.01. The quantitative estimate of drug-likeness (QED) is 0.368. The lowest BCUT2D eigenvalue weighted by Crippen LogP contribution is -1.95. The number of nitriles is 1. The van der Waals surface area contributed by atoms with E-state index in [0.717, 1.165) is 0 Å². The number of benzene rings is 1. The molecule has 0 heterocycles. The molecule has 0 aromatic heterocycles. The maximum Gasteiger partial charge on any atom is 0.141 e. The van der Waals surface area contributed by atoms with Gasteiger partial charge >= 0.3 is 0 Å². The highest BCUT2D eigenvalue weighted by Gasteiger charge is 2.02. The molecule has 11 heavy (non-hydrogen) atoms. The van der Waals surface area contributed by atoms with Gasteiger partial charge in [-0.1, -0.05) is 0 Å². The Hall–Kier alpha value is -1.89. The van der Waals surface area contributed by atoms with E-state index in [1.807, 2.05) is 6.07 Å². The van der Waals surface area contributed by atoms with E-state index in [4.69, 9.17) is 21.8 Å². The molecule has 4 heteroatoms. The summed E-state index contributed by atoms with van der Waals surface area (Å²) in [5.74, 6) is -0.151. The molecular formula is C7H7N3O. The van der Waals surface area contributed by atoms with Gasteiger partial charge in [-0.25, -0.2) is 0 Å². The van der Waals surface area contributed by atoms with Crippen LogP contribution in [0.4, 0.5) is 11.4 Å². The van der Waals surface area contributed by atoms with Crippen molar-refractivity contribution in [2.45, 2.75) is 0 Å². The van der Waals surface area contributed by atoms with Crippen molar-refractivity contribution in [1.29, 1.82) is 5.26 Å². The largest absolute Gasteiger partial charge is 0.506 e. The average molecular weight is 149 g/mol. The number of anilines is 2. The second kappa shape index (κ2) is 2.39. The fourth-order valence-corrected chi connectivity index (χ4v) is 0.724. The van der Waals surface area contributed by atoms with Gasteiger partial charge in [-0.15, -0.1) is 0 Å². The van der Waals surface area contributed by atoms with Gasteiger partial charge in [-0.3, -0.25) is 0 Å². The molecular weight excluding hydrogens is 142 g/mol. The molecule has 0 fully saturated rings. The van der Waals surface area contributed by atoms with Gasteiger partial charge in [-0.05, 0) is 12.1 Å².